The maximum atomic E-state index is 4.71. The van der Waals surface area contributed by atoms with Crippen LogP contribution in [0.1, 0.15) is 0 Å². The number of pyridine rings is 1. The maximum Gasteiger partial charge on any atom is 0.163 e. The molecule has 3 aromatic rings. The quantitative estimate of drug-likeness (QED) is 0.649. The third kappa shape index (κ3) is 3.61. The molecule has 0 atom stereocenters. The van der Waals surface area contributed by atoms with Gasteiger partial charge >= 0.3 is 0 Å². The van der Waals surface area contributed by atoms with E-state index in [9.17, 15) is 0 Å². The van der Waals surface area contributed by atoms with Gasteiger partial charge in [0.15, 0.2) is 5.82 Å². The number of hydrogen-bond acceptors (Lipinski definition) is 5. The number of hydrogen-bond donors (Lipinski definition) is 1. The van der Waals surface area contributed by atoms with Gasteiger partial charge in [0, 0.05) is 34.0 Å². The van der Waals surface area contributed by atoms with Crippen molar-refractivity contribution in [1.29, 1.82) is 0 Å². The fourth-order valence-corrected chi connectivity index (χ4v) is 2.89. The van der Waals surface area contributed by atoms with E-state index in [1.165, 1.54) is 0 Å². The summed E-state index contributed by atoms with van der Waals surface area (Å²) in [6, 6.07) is 9.78. The van der Waals surface area contributed by atoms with Gasteiger partial charge in [-0.1, -0.05) is 27.7 Å². The zero-order valence-corrected chi connectivity index (χ0v) is 15.3. The van der Waals surface area contributed by atoms with Gasteiger partial charge in [0.05, 0.1) is 12.1 Å². The van der Waals surface area contributed by atoms with Crippen LogP contribution in [0.4, 0.5) is 5.82 Å². The number of aromatic nitrogens is 3. The lowest BCUT2D eigenvalue weighted by molar-refractivity contribution is 1.13. The molecule has 1 aliphatic heterocycles. The van der Waals surface area contributed by atoms with Gasteiger partial charge in [-0.25, -0.2) is 9.97 Å². The van der Waals surface area contributed by atoms with Gasteiger partial charge in [-0.2, -0.15) is 0 Å². The molecule has 0 aliphatic carbocycles. The molecule has 26 heavy (non-hydrogen) atoms. The van der Waals surface area contributed by atoms with Gasteiger partial charge < -0.3 is 5.32 Å². The van der Waals surface area contributed by atoms with E-state index in [2.05, 4.69) is 41.9 Å². The highest BCUT2D eigenvalue weighted by Crippen LogP contribution is 2.27. The Labute approximate surface area is 159 Å². The average Bonchev–Trinajstić information content (AvgIpc) is 2.95. The van der Waals surface area contributed by atoms with E-state index in [1.54, 1.807) is 18.6 Å². The number of allylic oxidation sites excluding steroid dienone is 2. The summed E-state index contributed by atoms with van der Waals surface area (Å²) < 4.78 is 0.969. The maximum absolute atomic E-state index is 4.71. The minimum absolute atomic E-state index is 0.517. The Kier molecular flexibility index (Phi) is 4.69. The number of fused-ring (bicyclic) bond motifs is 1. The Morgan fingerprint density at radius 2 is 2.08 bits per heavy atom. The number of aliphatic imine (C=N–C) groups is 1. The van der Waals surface area contributed by atoms with Crippen molar-refractivity contribution in [1.82, 2.24) is 15.0 Å². The van der Waals surface area contributed by atoms with Crippen molar-refractivity contribution in [2.75, 3.05) is 11.9 Å². The van der Waals surface area contributed by atoms with Crippen LogP contribution in [0.3, 0.4) is 0 Å². The van der Waals surface area contributed by atoms with Crippen molar-refractivity contribution in [3.63, 3.8) is 0 Å². The molecule has 0 unspecified atom stereocenters. The number of halogens is 1. The number of anilines is 1. The lowest BCUT2D eigenvalue weighted by Gasteiger charge is -2.11. The SMILES string of the molecule is Brc1ccc2c(NCC3=C=CC=CC=N3)nc(-c3cccnc3)nc2c1. The fourth-order valence-electron chi connectivity index (χ4n) is 2.55. The minimum atomic E-state index is 0.517. The van der Waals surface area contributed by atoms with E-state index in [0.717, 1.165) is 32.5 Å². The zero-order valence-electron chi connectivity index (χ0n) is 13.7. The molecule has 3 heterocycles. The lowest BCUT2D eigenvalue weighted by Crippen LogP contribution is -2.07. The Balaban J connectivity index is 1.75. The normalized spacial score (nSPS) is 12.9. The van der Waals surface area contributed by atoms with Gasteiger partial charge in [-0.3, -0.25) is 9.98 Å². The van der Waals surface area contributed by atoms with Crippen molar-refractivity contribution in [3.05, 3.63) is 76.9 Å². The molecular formula is C20H14BrN5. The van der Waals surface area contributed by atoms with Crippen molar-refractivity contribution < 1.29 is 0 Å². The Hall–Kier alpha value is -3.08. The van der Waals surface area contributed by atoms with Gasteiger partial charge in [-0.05, 0) is 42.5 Å². The molecule has 6 heteroatoms. The topological polar surface area (TPSA) is 63.1 Å². The largest absolute Gasteiger partial charge is 0.363 e. The second-order valence-corrected chi connectivity index (χ2v) is 6.49. The third-order valence-electron chi connectivity index (χ3n) is 3.78. The molecule has 5 nitrogen and oxygen atoms in total. The Bertz CT molecular complexity index is 1080. The van der Waals surface area contributed by atoms with E-state index in [4.69, 9.17) is 4.98 Å². The first-order valence-corrected chi connectivity index (χ1v) is 8.85. The van der Waals surface area contributed by atoms with E-state index in [0.29, 0.717) is 12.4 Å². The predicted octanol–water partition coefficient (Wildman–Crippen LogP) is 4.55. The van der Waals surface area contributed by atoms with Crippen LogP contribution in [0, 0.1) is 0 Å². The highest BCUT2D eigenvalue weighted by molar-refractivity contribution is 9.10. The van der Waals surface area contributed by atoms with Crippen molar-refractivity contribution in [2.45, 2.75) is 0 Å². The number of nitrogens with one attached hydrogen (secondary N) is 1. The van der Waals surface area contributed by atoms with Gasteiger partial charge in [0.1, 0.15) is 11.5 Å². The molecule has 0 radical (unpaired) electrons. The minimum Gasteiger partial charge on any atom is -0.363 e. The molecule has 126 valence electrons. The van der Waals surface area contributed by atoms with Gasteiger partial charge in [0.25, 0.3) is 0 Å². The van der Waals surface area contributed by atoms with E-state index >= 15 is 0 Å². The molecule has 1 N–H and O–H groups in total. The van der Waals surface area contributed by atoms with E-state index in [-0.39, 0.29) is 0 Å². The van der Waals surface area contributed by atoms with Crippen LogP contribution in [0.15, 0.2) is 81.8 Å². The molecule has 0 saturated carbocycles. The summed E-state index contributed by atoms with van der Waals surface area (Å²) in [5.74, 6) is 1.38. The van der Waals surface area contributed by atoms with Crippen LogP contribution in [-0.4, -0.2) is 27.7 Å². The summed E-state index contributed by atoms with van der Waals surface area (Å²) in [4.78, 5) is 17.9. The Morgan fingerprint density at radius 3 is 2.96 bits per heavy atom. The van der Waals surface area contributed by atoms with Crippen LogP contribution >= 0.6 is 15.9 Å². The smallest absolute Gasteiger partial charge is 0.163 e. The molecule has 0 amide bonds. The van der Waals surface area contributed by atoms with Crippen LogP contribution < -0.4 is 5.32 Å². The van der Waals surface area contributed by atoms with Crippen molar-refractivity contribution in [3.8, 4) is 11.4 Å². The van der Waals surface area contributed by atoms with Gasteiger partial charge in [-0.15, -0.1) is 0 Å². The molecular weight excluding hydrogens is 390 g/mol. The summed E-state index contributed by atoms with van der Waals surface area (Å²) >= 11 is 3.51. The first kappa shape index (κ1) is 16.4. The van der Waals surface area contributed by atoms with Crippen LogP contribution in [0.25, 0.3) is 22.3 Å². The molecule has 1 aromatic carbocycles. The zero-order chi connectivity index (χ0) is 17.8. The van der Waals surface area contributed by atoms with Gasteiger partial charge in [0.2, 0.25) is 0 Å². The standard InChI is InChI=1S/C20H14BrN5/c21-15-7-8-17-18(11-15)25-19(14-5-4-9-22-12-14)26-20(17)24-13-16-6-2-1-3-10-23-16/h1-5,7-12H,13H2,(H,24,25,26). The molecule has 4 rings (SSSR count). The lowest BCUT2D eigenvalue weighted by atomic mass is 10.2. The summed E-state index contributed by atoms with van der Waals surface area (Å²) in [6.07, 6.45) is 10.9. The molecule has 0 saturated heterocycles. The monoisotopic (exact) mass is 403 g/mol. The molecule has 1 aliphatic rings. The fraction of sp³-hybridized carbons (Fsp3) is 0.0500. The van der Waals surface area contributed by atoms with Crippen molar-refractivity contribution in [2.24, 2.45) is 4.99 Å². The molecule has 0 fully saturated rings. The molecule has 0 spiro atoms. The third-order valence-corrected chi connectivity index (χ3v) is 4.27. The van der Waals surface area contributed by atoms with E-state index < -0.39 is 0 Å². The summed E-state index contributed by atoms with van der Waals surface area (Å²) in [6.45, 7) is 0.517. The number of benzene rings is 1. The second-order valence-electron chi connectivity index (χ2n) is 5.57. The molecule has 0 bridgehead atoms. The number of rotatable bonds is 4. The highest BCUT2D eigenvalue weighted by Gasteiger charge is 2.10. The van der Waals surface area contributed by atoms with Crippen LogP contribution in [-0.2, 0) is 0 Å². The predicted molar refractivity (Wildman–Crippen MR) is 108 cm³/mol. The van der Waals surface area contributed by atoms with Crippen LogP contribution in [0.2, 0.25) is 0 Å². The number of nitrogens with zero attached hydrogens (tertiary/aromatic N) is 4. The summed E-state index contributed by atoms with van der Waals surface area (Å²) in [5.41, 5.74) is 5.67. The first-order chi connectivity index (χ1) is 12.8. The molecule has 2 aromatic heterocycles. The summed E-state index contributed by atoms with van der Waals surface area (Å²) in [7, 11) is 0. The van der Waals surface area contributed by atoms with Crippen molar-refractivity contribution >= 4 is 38.9 Å². The van der Waals surface area contributed by atoms with Crippen LogP contribution in [0.5, 0.6) is 0 Å². The average molecular weight is 404 g/mol. The first-order valence-electron chi connectivity index (χ1n) is 8.06. The highest BCUT2D eigenvalue weighted by atomic mass is 79.9. The second kappa shape index (κ2) is 7.44. The Morgan fingerprint density at radius 1 is 1.12 bits per heavy atom. The summed E-state index contributed by atoms with van der Waals surface area (Å²) in [5, 5.41) is 4.31. The van der Waals surface area contributed by atoms with E-state index in [1.807, 2.05) is 48.6 Å².